The Morgan fingerprint density at radius 3 is 1.73 bits per heavy atom. The normalized spacial score (nSPS) is 14.2. The van der Waals surface area contributed by atoms with Gasteiger partial charge in [0.25, 0.3) is 0 Å². The third-order valence-electron chi connectivity index (χ3n) is 9.60. The smallest absolute Gasteiger partial charge is 0.224 e. The minimum Gasteiger partial charge on any atom is -0.355 e. The Labute approximate surface area is 269 Å². The van der Waals surface area contributed by atoms with Crippen molar-refractivity contribution in [1.82, 2.24) is 10.2 Å². The lowest BCUT2D eigenvalue weighted by atomic mass is 9.71. The summed E-state index contributed by atoms with van der Waals surface area (Å²) in [4.78, 5) is 16.1. The van der Waals surface area contributed by atoms with E-state index in [9.17, 15) is 4.79 Å². The predicted octanol–water partition coefficient (Wildman–Crippen LogP) is 8.66. The molecule has 0 aromatic heterocycles. The summed E-state index contributed by atoms with van der Waals surface area (Å²) in [5.74, 6) is 0.724. The Morgan fingerprint density at radius 2 is 1.16 bits per heavy atom. The molecule has 0 unspecified atom stereocenters. The van der Waals surface area contributed by atoms with Crippen LogP contribution in [-0.4, -0.2) is 37.0 Å². The van der Waals surface area contributed by atoms with Crippen molar-refractivity contribution in [1.29, 1.82) is 0 Å². The SMILES string of the molecule is O=C(Cc1ccc(-c2ccccc2)cc1)NCC(CCCN1CCC(c2ccccc2)CC1)(c1ccccc1)c1ccccc1. The highest BCUT2D eigenvalue weighted by Gasteiger charge is 2.34. The Morgan fingerprint density at radius 1 is 0.644 bits per heavy atom. The van der Waals surface area contributed by atoms with Gasteiger partial charge < -0.3 is 10.2 Å². The van der Waals surface area contributed by atoms with Gasteiger partial charge in [0.1, 0.15) is 0 Å². The first-order valence-electron chi connectivity index (χ1n) is 16.5. The van der Waals surface area contributed by atoms with Crippen LogP contribution in [0.25, 0.3) is 11.1 Å². The Bertz CT molecular complexity index is 1550. The van der Waals surface area contributed by atoms with E-state index in [1.165, 1.54) is 35.1 Å². The molecule has 1 heterocycles. The number of likely N-dealkylation sites (tertiary alicyclic amines) is 1. The molecule has 1 N–H and O–H groups in total. The highest BCUT2D eigenvalue weighted by molar-refractivity contribution is 5.79. The number of nitrogens with one attached hydrogen (secondary N) is 1. The van der Waals surface area contributed by atoms with E-state index in [0.29, 0.717) is 18.9 Å². The van der Waals surface area contributed by atoms with Crippen molar-refractivity contribution in [3.8, 4) is 11.1 Å². The predicted molar refractivity (Wildman–Crippen MR) is 186 cm³/mol. The molecule has 45 heavy (non-hydrogen) atoms. The molecule has 1 aliphatic rings. The van der Waals surface area contributed by atoms with Crippen LogP contribution < -0.4 is 5.32 Å². The van der Waals surface area contributed by atoms with Gasteiger partial charge in [0, 0.05) is 12.0 Å². The zero-order valence-electron chi connectivity index (χ0n) is 26.2. The molecule has 6 rings (SSSR count). The monoisotopic (exact) mass is 592 g/mol. The Kier molecular flexibility index (Phi) is 10.2. The van der Waals surface area contributed by atoms with E-state index in [1.807, 2.05) is 6.07 Å². The van der Waals surface area contributed by atoms with Gasteiger partial charge in [0.05, 0.1) is 6.42 Å². The minimum atomic E-state index is -0.308. The number of benzene rings is 5. The molecule has 0 bridgehead atoms. The number of hydrogen-bond donors (Lipinski definition) is 1. The van der Waals surface area contributed by atoms with Crippen LogP contribution in [0.3, 0.4) is 0 Å². The lowest BCUT2D eigenvalue weighted by Crippen LogP contribution is -2.43. The molecule has 5 aromatic rings. The lowest BCUT2D eigenvalue weighted by Gasteiger charge is -2.37. The van der Waals surface area contributed by atoms with Gasteiger partial charge >= 0.3 is 0 Å². The van der Waals surface area contributed by atoms with Crippen molar-refractivity contribution < 1.29 is 4.79 Å². The Hall–Kier alpha value is -4.47. The van der Waals surface area contributed by atoms with E-state index < -0.39 is 0 Å². The van der Waals surface area contributed by atoms with Gasteiger partial charge in [0.2, 0.25) is 5.91 Å². The second-order valence-electron chi connectivity index (χ2n) is 12.5. The summed E-state index contributed by atoms with van der Waals surface area (Å²) in [6.45, 7) is 3.93. The van der Waals surface area contributed by atoms with Crippen LogP contribution in [0.2, 0.25) is 0 Å². The van der Waals surface area contributed by atoms with Crippen molar-refractivity contribution in [2.75, 3.05) is 26.2 Å². The van der Waals surface area contributed by atoms with Crippen LogP contribution >= 0.6 is 0 Å². The quantitative estimate of drug-likeness (QED) is 0.157. The molecule has 1 amide bonds. The number of carbonyl (C=O) groups is 1. The summed E-state index contributed by atoms with van der Waals surface area (Å²) in [5, 5.41) is 3.38. The molecule has 1 saturated heterocycles. The standard InChI is InChI=1S/C42H44N2O/c45-41(32-34-22-24-37(25-23-34)35-14-5-1-6-15-35)43-33-42(39-18-9-3-10-19-39,40-20-11-4-12-21-40)28-13-29-44-30-26-38(27-31-44)36-16-7-2-8-17-36/h1-12,14-25,38H,13,26-33H2,(H,43,45). The molecular weight excluding hydrogens is 548 g/mol. The molecule has 0 spiro atoms. The third-order valence-corrected chi connectivity index (χ3v) is 9.60. The summed E-state index contributed by atoms with van der Waals surface area (Å²) in [7, 11) is 0. The molecule has 3 nitrogen and oxygen atoms in total. The van der Waals surface area contributed by atoms with Crippen LogP contribution in [0.15, 0.2) is 146 Å². The topological polar surface area (TPSA) is 32.3 Å². The third kappa shape index (κ3) is 7.79. The first-order valence-corrected chi connectivity index (χ1v) is 16.5. The molecule has 1 fully saturated rings. The van der Waals surface area contributed by atoms with E-state index in [4.69, 9.17) is 0 Å². The van der Waals surface area contributed by atoms with Crippen molar-refractivity contribution in [3.05, 3.63) is 168 Å². The van der Waals surface area contributed by atoms with Gasteiger partial charge in [0.15, 0.2) is 0 Å². The molecule has 1 aliphatic heterocycles. The highest BCUT2D eigenvalue weighted by atomic mass is 16.1. The van der Waals surface area contributed by atoms with Gasteiger partial charge in [-0.3, -0.25) is 4.79 Å². The largest absolute Gasteiger partial charge is 0.355 e. The van der Waals surface area contributed by atoms with E-state index in [-0.39, 0.29) is 11.3 Å². The van der Waals surface area contributed by atoms with Crippen molar-refractivity contribution in [2.45, 2.75) is 43.4 Å². The van der Waals surface area contributed by atoms with Gasteiger partial charge in [-0.15, -0.1) is 0 Å². The van der Waals surface area contributed by atoms with Gasteiger partial charge in [-0.25, -0.2) is 0 Å². The molecule has 228 valence electrons. The van der Waals surface area contributed by atoms with E-state index >= 15 is 0 Å². The second-order valence-corrected chi connectivity index (χ2v) is 12.5. The summed E-state index contributed by atoms with van der Waals surface area (Å²) in [6, 6.07) is 51.3. The number of carbonyl (C=O) groups excluding carboxylic acids is 1. The number of hydrogen-bond acceptors (Lipinski definition) is 2. The first-order chi connectivity index (χ1) is 22.2. The number of piperidine rings is 1. The summed E-state index contributed by atoms with van der Waals surface area (Å²) in [5.41, 5.74) is 7.06. The summed E-state index contributed by atoms with van der Waals surface area (Å²) in [6.07, 6.45) is 4.83. The van der Waals surface area contributed by atoms with Gasteiger partial charge in [-0.1, -0.05) is 146 Å². The maximum absolute atomic E-state index is 13.4. The molecule has 0 radical (unpaired) electrons. The summed E-state index contributed by atoms with van der Waals surface area (Å²) < 4.78 is 0. The fraction of sp³-hybridized carbons (Fsp3) is 0.262. The highest BCUT2D eigenvalue weighted by Crippen LogP contribution is 2.37. The second kappa shape index (κ2) is 15.0. The van der Waals surface area contributed by atoms with Crippen molar-refractivity contribution in [3.63, 3.8) is 0 Å². The minimum absolute atomic E-state index is 0.0571. The fourth-order valence-corrected chi connectivity index (χ4v) is 7.02. The fourth-order valence-electron chi connectivity index (χ4n) is 7.02. The van der Waals surface area contributed by atoms with E-state index in [0.717, 1.165) is 43.6 Å². The lowest BCUT2D eigenvalue weighted by molar-refractivity contribution is -0.120. The Balaban J connectivity index is 1.13. The van der Waals surface area contributed by atoms with Crippen LogP contribution in [0.5, 0.6) is 0 Å². The molecule has 3 heteroatoms. The van der Waals surface area contributed by atoms with Crippen molar-refractivity contribution in [2.24, 2.45) is 0 Å². The summed E-state index contributed by atoms with van der Waals surface area (Å²) >= 11 is 0. The van der Waals surface area contributed by atoms with E-state index in [1.54, 1.807) is 0 Å². The van der Waals surface area contributed by atoms with Crippen LogP contribution in [0, 0.1) is 0 Å². The zero-order valence-corrected chi connectivity index (χ0v) is 26.2. The molecule has 0 saturated carbocycles. The molecule has 5 aromatic carbocycles. The van der Waals surface area contributed by atoms with E-state index in [2.05, 4.69) is 150 Å². The van der Waals surface area contributed by atoms with Crippen LogP contribution in [-0.2, 0) is 16.6 Å². The number of rotatable bonds is 12. The number of amides is 1. The maximum atomic E-state index is 13.4. The maximum Gasteiger partial charge on any atom is 0.224 e. The average Bonchev–Trinajstić information content (AvgIpc) is 3.12. The van der Waals surface area contributed by atoms with Gasteiger partial charge in [-0.05, 0) is 84.6 Å². The molecular formula is C42H44N2O. The number of nitrogens with zero attached hydrogens (tertiary/aromatic N) is 1. The van der Waals surface area contributed by atoms with Crippen molar-refractivity contribution >= 4 is 5.91 Å². The molecule has 0 atom stereocenters. The zero-order chi connectivity index (χ0) is 30.7. The molecule has 0 aliphatic carbocycles. The average molecular weight is 593 g/mol. The van der Waals surface area contributed by atoms with Gasteiger partial charge in [-0.2, -0.15) is 0 Å². The van der Waals surface area contributed by atoms with Crippen LogP contribution in [0.4, 0.5) is 0 Å². The first kappa shape index (κ1) is 30.6. The van der Waals surface area contributed by atoms with Crippen LogP contribution in [0.1, 0.15) is 53.9 Å².